The summed E-state index contributed by atoms with van der Waals surface area (Å²) in [6.45, 7) is 1.24. The van der Waals surface area contributed by atoms with Crippen LogP contribution in [0.4, 0.5) is 16.2 Å². The monoisotopic (exact) mass is 561 g/mol. The van der Waals surface area contributed by atoms with E-state index >= 15 is 0 Å². The molecule has 0 radical (unpaired) electrons. The molecular formula is C29H27N3O7S. The molecule has 4 amide bonds. The van der Waals surface area contributed by atoms with Gasteiger partial charge in [0.05, 0.1) is 19.1 Å². The van der Waals surface area contributed by atoms with Gasteiger partial charge in [0.2, 0.25) is 5.91 Å². The lowest BCUT2D eigenvalue weighted by molar-refractivity contribution is -0.127. The first kappa shape index (κ1) is 28.2. The highest BCUT2D eigenvalue weighted by Crippen LogP contribution is 2.34. The van der Waals surface area contributed by atoms with Crippen LogP contribution in [0.15, 0.2) is 71.6 Å². The van der Waals surface area contributed by atoms with Gasteiger partial charge in [-0.25, -0.2) is 0 Å². The van der Waals surface area contributed by atoms with Crippen molar-refractivity contribution < 1.29 is 33.4 Å². The van der Waals surface area contributed by atoms with Gasteiger partial charge in [0.25, 0.3) is 17.1 Å². The Labute approximate surface area is 235 Å². The third-order valence-electron chi connectivity index (χ3n) is 5.81. The Bertz CT molecular complexity index is 1470. The van der Waals surface area contributed by atoms with Crippen molar-refractivity contribution in [3.8, 4) is 17.2 Å². The van der Waals surface area contributed by atoms with E-state index in [-0.39, 0.29) is 17.4 Å². The average Bonchev–Trinajstić information content (AvgIpc) is 3.21. The number of ether oxygens (including phenoxy) is 3. The van der Waals surface area contributed by atoms with Gasteiger partial charge >= 0.3 is 0 Å². The first-order valence-corrected chi connectivity index (χ1v) is 12.9. The highest BCUT2D eigenvalue weighted by atomic mass is 32.2. The zero-order valence-electron chi connectivity index (χ0n) is 22.1. The fourth-order valence-electron chi connectivity index (χ4n) is 3.74. The van der Waals surface area contributed by atoms with Crippen molar-refractivity contribution in [3.63, 3.8) is 0 Å². The second-order valence-corrected chi connectivity index (χ2v) is 9.60. The van der Waals surface area contributed by atoms with E-state index in [1.165, 1.54) is 20.3 Å². The van der Waals surface area contributed by atoms with Crippen LogP contribution in [-0.2, 0) is 14.4 Å². The Balaban J connectivity index is 1.37. The number of rotatable bonds is 10. The van der Waals surface area contributed by atoms with Crippen LogP contribution in [0.25, 0.3) is 6.08 Å². The van der Waals surface area contributed by atoms with E-state index in [1.54, 1.807) is 48.5 Å². The maximum absolute atomic E-state index is 12.9. The molecule has 2 N–H and O–H groups in total. The van der Waals surface area contributed by atoms with E-state index in [1.807, 2.05) is 25.1 Å². The molecule has 1 saturated heterocycles. The van der Waals surface area contributed by atoms with Gasteiger partial charge in [-0.05, 0) is 78.4 Å². The molecule has 10 nitrogen and oxygen atoms in total. The molecule has 0 saturated carbocycles. The molecule has 1 aliphatic rings. The normalized spacial score (nSPS) is 13.8. The van der Waals surface area contributed by atoms with Crippen LogP contribution in [0, 0.1) is 6.92 Å². The maximum atomic E-state index is 12.9. The second-order valence-electron chi connectivity index (χ2n) is 8.61. The lowest BCUT2D eigenvalue weighted by Gasteiger charge is -2.13. The van der Waals surface area contributed by atoms with Gasteiger partial charge in [0.1, 0.15) is 12.3 Å². The van der Waals surface area contributed by atoms with Gasteiger partial charge in [0.15, 0.2) is 18.1 Å². The van der Waals surface area contributed by atoms with Crippen LogP contribution in [0.1, 0.15) is 11.1 Å². The quantitative estimate of drug-likeness (QED) is 0.342. The predicted molar refractivity (Wildman–Crippen MR) is 153 cm³/mol. The molecule has 0 atom stereocenters. The Morgan fingerprint density at radius 1 is 0.900 bits per heavy atom. The van der Waals surface area contributed by atoms with E-state index < -0.39 is 23.6 Å². The SMILES string of the molecule is COc1ccc(NC(=O)CN2C(=O)S/C(=C\c3ccc(OCC(=O)Nc4ccccc4C)c(OC)c3)C2=O)cc1. The first-order valence-electron chi connectivity index (χ1n) is 12.1. The number of carbonyl (C=O) groups is 4. The van der Waals surface area contributed by atoms with E-state index in [0.29, 0.717) is 34.2 Å². The van der Waals surface area contributed by atoms with E-state index in [2.05, 4.69) is 10.6 Å². The van der Waals surface area contributed by atoms with E-state index in [4.69, 9.17) is 14.2 Å². The molecule has 40 heavy (non-hydrogen) atoms. The van der Waals surface area contributed by atoms with Gasteiger partial charge in [0, 0.05) is 11.4 Å². The van der Waals surface area contributed by atoms with Gasteiger partial charge < -0.3 is 24.8 Å². The third-order valence-corrected chi connectivity index (χ3v) is 6.72. The Morgan fingerprint density at radius 3 is 2.35 bits per heavy atom. The van der Waals surface area contributed by atoms with E-state index in [9.17, 15) is 19.2 Å². The second kappa shape index (κ2) is 12.9. The number of imide groups is 1. The number of hydrogen-bond acceptors (Lipinski definition) is 8. The lowest BCUT2D eigenvalue weighted by atomic mass is 10.2. The smallest absolute Gasteiger partial charge is 0.294 e. The molecular weight excluding hydrogens is 534 g/mol. The van der Waals surface area contributed by atoms with Gasteiger partial charge in [-0.3, -0.25) is 24.1 Å². The molecule has 3 aromatic carbocycles. The van der Waals surface area contributed by atoms with Gasteiger partial charge in [-0.2, -0.15) is 0 Å². The van der Waals surface area contributed by atoms with Crippen molar-refractivity contribution in [3.05, 3.63) is 82.8 Å². The number of hydrogen-bond donors (Lipinski definition) is 2. The molecule has 0 bridgehead atoms. The molecule has 1 heterocycles. The summed E-state index contributed by atoms with van der Waals surface area (Å²) in [6, 6.07) is 19.0. The molecule has 11 heteroatoms. The fraction of sp³-hybridized carbons (Fsp3) is 0.172. The topological polar surface area (TPSA) is 123 Å². The molecule has 0 unspecified atom stereocenters. The summed E-state index contributed by atoms with van der Waals surface area (Å²) in [6.07, 6.45) is 1.53. The lowest BCUT2D eigenvalue weighted by Crippen LogP contribution is -2.36. The van der Waals surface area contributed by atoms with Gasteiger partial charge in [-0.15, -0.1) is 0 Å². The average molecular weight is 562 g/mol. The molecule has 0 aromatic heterocycles. The summed E-state index contributed by atoms with van der Waals surface area (Å²) in [5, 5.41) is 4.90. The number of nitrogens with zero attached hydrogens (tertiary/aromatic N) is 1. The molecule has 3 aromatic rings. The summed E-state index contributed by atoms with van der Waals surface area (Å²) >= 11 is 0.741. The minimum atomic E-state index is -0.577. The van der Waals surface area contributed by atoms with Crippen LogP contribution >= 0.6 is 11.8 Å². The van der Waals surface area contributed by atoms with Crippen LogP contribution in [-0.4, -0.2) is 55.2 Å². The minimum absolute atomic E-state index is 0.163. The number of aryl methyl sites for hydroxylation is 1. The first-order chi connectivity index (χ1) is 19.3. The highest BCUT2D eigenvalue weighted by molar-refractivity contribution is 8.18. The van der Waals surface area contributed by atoms with Gasteiger partial charge in [-0.1, -0.05) is 24.3 Å². The highest BCUT2D eigenvalue weighted by Gasteiger charge is 2.36. The van der Waals surface area contributed by atoms with Crippen LogP contribution in [0.3, 0.4) is 0 Å². The number of nitrogens with one attached hydrogen (secondary N) is 2. The van der Waals surface area contributed by atoms with Crippen molar-refractivity contribution >= 4 is 52.2 Å². The number of para-hydroxylation sites is 1. The van der Waals surface area contributed by atoms with Crippen LogP contribution in [0.2, 0.25) is 0 Å². The number of carbonyl (C=O) groups excluding carboxylic acids is 4. The molecule has 4 rings (SSSR count). The van der Waals surface area contributed by atoms with Crippen LogP contribution in [0.5, 0.6) is 17.2 Å². The van der Waals surface area contributed by atoms with Crippen molar-refractivity contribution in [1.29, 1.82) is 0 Å². The van der Waals surface area contributed by atoms with Crippen molar-refractivity contribution in [2.75, 3.05) is 38.0 Å². The maximum Gasteiger partial charge on any atom is 0.294 e. The summed E-state index contributed by atoms with van der Waals surface area (Å²) in [5.41, 5.74) is 2.71. The largest absolute Gasteiger partial charge is 0.497 e. The van der Waals surface area contributed by atoms with Crippen LogP contribution < -0.4 is 24.8 Å². The summed E-state index contributed by atoms with van der Waals surface area (Å²) in [4.78, 5) is 51.2. The Kier molecular flexibility index (Phi) is 9.07. The predicted octanol–water partition coefficient (Wildman–Crippen LogP) is 4.70. The molecule has 206 valence electrons. The minimum Gasteiger partial charge on any atom is -0.497 e. The van der Waals surface area contributed by atoms with Crippen molar-refractivity contribution in [1.82, 2.24) is 4.90 Å². The standard InChI is InChI=1S/C29H27N3O7S/c1-18-6-4-5-7-22(18)31-27(34)17-39-23-13-8-19(14-24(23)38-3)15-25-28(35)32(29(36)40-25)16-26(33)30-20-9-11-21(37-2)12-10-20/h4-15H,16-17H2,1-3H3,(H,30,33)(H,31,34)/b25-15-. The number of thioether (sulfide) groups is 1. The molecule has 0 aliphatic carbocycles. The third kappa shape index (κ3) is 7.00. The Hall–Kier alpha value is -4.77. The fourth-order valence-corrected chi connectivity index (χ4v) is 4.58. The number of methoxy groups -OCH3 is 2. The Morgan fingerprint density at radius 2 is 1.65 bits per heavy atom. The molecule has 1 fully saturated rings. The molecule has 0 spiro atoms. The van der Waals surface area contributed by atoms with Crippen molar-refractivity contribution in [2.45, 2.75) is 6.92 Å². The number of benzene rings is 3. The zero-order chi connectivity index (χ0) is 28.6. The zero-order valence-corrected chi connectivity index (χ0v) is 22.9. The summed E-state index contributed by atoms with van der Waals surface area (Å²) in [7, 11) is 2.99. The number of anilines is 2. The summed E-state index contributed by atoms with van der Waals surface area (Å²) in [5.74, 6) is -0.104. The van der Waals surface area contributed by atoms with Crippen molar-refractivity contribution in [2.24, 2.45) is 0 Å². The molecule has 1 aliphatic heterocycles. The van der Waals surface area contributed by atoms with E-state index in [0.717, 1.165) is 22.2 Å². The number of amides is 4. The summed E-state index contributed by atoms with van der Waals surface area (Å²) < 4.78 is 16.1.